The molecule has 2 nitrogen and oxygen atoms in total. The highest BCUT2D eigenvalue weighted by Crippen LogP contribution is 2.34. The maximum Gasteiger partial charge on any atom is 0.0527 e. The number of benzene rings is 1. The number of aromatic nitrogens is 1. The van der Waals surface area contributed by atoms with Gasteiger partial charge in [0.25, 0.3) is 0 Å². The molecule has 0 radical (unpaired) electrons. The smallest absolute Gasteiger partial charge is 0.0527 e. The molecule has 3 heteroatoms. The average molecular weight is 249 g/mol. The zero-order chi connectivity index (χ0) is 12.2. The van der Waals surface area contributed by atoms with Crippen molar-refractivity contribution in [3.63, 3.8) is 0 Å². The van der Waals surface area contributed by atoms with Crippen LogP contribution in [0.15, 0.2) is 12.1 Å². The Hall–Kier alpha value is -0.990. The van der Waals surface area contributed by atoms with E-state index in [1.54, 1.807) is 0 Å². The normalized spacial score (nSPS) is 19.6. The molecule has 0 bridgehead atoms. The first-order chi connectivity index (χ1) is 8.09. The molecule has 1 aromatic carbocycles. The Bertz CT molecular complexity index is 598. The Kier molecular flexibility index (Phi) is 2.46. The van der Waals surface area contributed by atoms with Crippen LogP contribution in [0.1, 0.15) is 23.2 Å². The number of hydrogen-bond donors (Lipinski definition) is 1. The van der Waals surface area contributed by atoms with Crippen LogP contribution in [0.5, 0.6) is 0 Å². The Morgan fingerprint density at radius 1 is 1.41 bits per heavy atom. The van der Waals surface area contributed by atoms with Crippen LogP contribution < -0.4 is 5.73 Å². The Labute approximate surface area is 106 Å². The van der Waals surface area contributed by atoms with Crippen molar-refractivity contribution in [3.05, 3.63) is 34.0 Å². The second-order valence-corrected chi connectivity index (χ2v) is 5.46. The Balaban J connectivity index is 2.38. The van der Waals surface area contributed by atoms with Crippen molar-refractivity contribution >= 4 is 22.5 Å². The largest absolute Gasteiger partial charge is 0.347 e. The molecule has 2 aromatic rings. The first-order valence-electron chi connectivity index (χ1n) is 6.10. The molecule has 0 aliphatic heterocycles. The van der Waals surface area contributed by atoms with Gasteiger partial charge in [-0.3, -0.25) is 0 Å². The minimum atomic E-state index is 0.309. The van der Waals surface area contributed by atoms with Gasteiger partial charge >= 0.3 is 0 Å². The van der Waals surface area contributed by atoms with Crippen LogP contribution in [-0.2, 0) is 19.9 Å². The zero-order valence-electron chi connectivity index (χ0n) is 10.3. The van der Waals surface area contributed by atoms with E-state index in [0.717, 1.165) is 24.3 Å². The number of rotatable bonds is 0. The third-order valence-electron chi connectivity index (χ3n) is 4.00. The summed E-state index contributed by atoms with van der Waals surface area (Å²) in [5.74, 6) is 0. The van der Waals surface area contributed by atoms with E-state index in [4.69, 9.17) is 17.3 Å². The molecule has 0 saturated carbocycles. The van der Waals surface area contributed by atoms with Crippen LogP contribution in [-0.4, -0.2) is 10.6 Å². The lowest BCUT2D eigenvalue weighted by atomic mass is 9.92. The minimum Gasteiger partial charge on any atom is -0.347 e. The lowest BCUT2D eigenvalue weighted by Crippen LogP contribution is -2.28. The van der Waals surface area contributed by atoms with Gasteiger partial charge in [0, 0.05) is 29.2 Å². The van der Waals surface area contributed by atoms with Crippen molar-refractivity contribution in [3.8, 4) is 0 Å². The number of hydrogen-bond acceptors (Lipinski definition) is 1. The third kappa shape index (κ3) is 1.51. The van der Waals surface area contributed by atoms with Gasteiger partial charge in [-0.1, -0.05) is 17.7 Å². The molecule has 17 heavy (non-hydrogen) atoms. The first-order valence-corrected chi connectivity index (χ1v) is 6.48. The average Bonchev–Trinajstić information content (AvgIpc) is 2.58. The second kappa shape index (κ2) is 3.76. The molecule has 1 aromatic heterocycles. The summed E-state index contributed by atoms with van der Waals surface area (Å²) in [6.45, 7) is 2.09. The van der Waals surface area contributed by atoms with Crippen molar-refractivity contribution in [1.29, 1.82) is 0 Å². The quantitative estimate of drug-likeness (QED) is 0.764. The predicted octanol–water partition coefficient (Wildman–Crippen LogP) is 2.96. The van der Waals surface area contributed by atoms with E-state index < -0.39 is 0 Å². The number of halogens is 1. The molecular weight excluding hydrogens is 232 g/mol. The van der Waals surface area contributed by atoms with Crippen LogP contribution in [0, 0.1) is 6.92 Å². The van der Waals surface area contributed by atoms with Gasteiger partial charge in [-0.25, -0.2) is 0 Å². The summed E-state index contributed by atoms with van der Waals surface area (Å²) < 4.78 is 2.30. The van der Waals surface area contributed by atoms with Gasteiger partial charge in [-0.05, 0) is 43.4 Å². The van der Waals surface area contributed by atoms with Gasteiger partial charge in [0.15, 0.2) is 0 Å². The molecule has 3 rings (SSSR count). The van der Waals surface area contributed by atoms with Crippen LogP contribution in [0.3, 0.4) is 0 Å². The maximum absolute atomic E-state index is 6.21. The summed E-state index contributed by atoms with van der Waals surface area (Å²) >= 11 is 6.21. The summed E-state index contributed by atoms with van der Waals surface area (Å²) in [6.07, 6.45) is 3.16. The third-order valence-corrected chi connectivity index (χ3v) is 4.41. The van der Waals surface area contributed by atoms with Gasteiger partial charge in [0.1, 0.15) is 0 Å². The highest BCUT2D eigenvalue weighted by Gasteiger charge is 2.23. The molecule has 0 fully saturated rings. The van der Waals surface area contributed by atoms with E-state index in [1.165, 1.54) is 27.7 Å². The zero-order valence-corrected chi connectivity index (χ0v) is 11.0. The number of nitrogens with zero attached hydrogens (tertiary/aromatic N) is 1. The van der Waals surface area contributed by atoms with E-state index in [-0.39, 0.29) is 0 Å². The maximum atomic E-state index is 6.21. The summed E-state index contributed by atoms with van der Waals surface area (Å²) in [6, 6.07) is 4.45. The van der Waals surface area contributed by atoms with E-state index in [0.29, 0.717) is 6.04 Å². The highest BCUT2D eigenvalue weighted by atomic mass is 35.5. The molecule has 0 spiro atoms. The molecule has 2 N–H and O–H groups in total. The molecule has 90 valence electrons. The molecule has 1 heterocycles. The van der Waals surface area contributed by atoms with Crippen molar-refractivity contribution < 1.29 is 0 Å². The fraction of sp³-hybridized carbons (Fsp3) is 0.429. The highest BCUT2D eigenvalue weighted by molar-refractivity contribution is 6.32. The van der Waals surface area contributed by atoms with Crippen molar-refractivity contribution in [2.75, 3.05) is 0 Å². The van der Waals surface area contributed by atoms with Crippen molar-refractivity contribution in [2.24, 2.45) is 12.8 Å². The summed E-state index contributed by atoms with van der Waals surface area (Å²) in [7, 11) is 2.14. The van der Waals surface area contributed by atoms with Crippen LogP contribution in [0.4, 0.5) is 0 Å². The van der Waals surface area contributed by atoms with E-state index in [2.05, 4.69) is 24.6 Å². The van der Waals surface area contributed by atoms with Crippen LogP contribution in [0.2, 0.25) is 5.02 Å². The summed E-state index contributed by atoms with van der Waals surface area (Å²) in [5.41, 5.74) is 11.4. The van der Waals surface area contributed by atoms with Gasteiger partial charge < -0.3 is 10.3 Å². The standard InChI is InChI=1S/C14H17ClN2/c1-8-12(15)5-4-10-11-7-9(16)3-6-13(11)17(2)14(8)10/h4-5,9H,3,6-7,16H2,1-2H3. The van der Waals surface area contributed by atoms with Crippen LogP contribution in [0.25, 0.3) is 10.9 Å². The molecule has 0 amide bonds. The molecule has 1 atom stereocenters. The number of nitrogens with two attached hydrogens (primary N) is 1. The SMILES string of the molecule is Cc1c(Cl)ccc2c3c(n(C)c12)CCC(N)C3. The predicted molar refractivity (Wildman–Crippen MR) is 72.7 cm³/mol. The lowest BCUT2D eigenvalue weighted by Gasteiger charge is -2.19. The molecule has 0 saturated heterocycles. The summed E-state index contributed by atoms with van der Waals surface area (Å²) in [4.78, 5) is 0. The number of aryl methyl sites for hydroxylation is 2. The molecule has 1 aliphatic carbocycles. The van der Waals surface area contributed by atoms with Gasteiger partial charge in [0.05, 0.1) is 5.52 Å². The first kappa shape index (κ1) is 11.1. The fourth-order valence-corrected chi connectivity index (χ4v) is 3.23. The monoisotopic (exact) mass is 248 g/mol. The molecule has 1 unspecified atom stereocenters. The van der Waals surface area contributed by atoms with Gasteiger partial charge in [0.2, 0.25) is 0 Å². The van der Waals surface area contributed by atoms with Gasteiger partial charge in [-0.15, -0.1) is 0 Å². The second-order valence-electron chi connectivity index (χ2n) is 5.06. The number of fused-ring (bicyclic) bond motifs is 3. The van der Waals surface area contributed by atoms with Crippen molar-refractivity contribution in [1.82, 2.24) is 4.57 Å². The van der Waals surface area contributed by atoms with E-state index >= 15 is 0 Å². The summed E-state index contributed by atoms with van der Waals surface area (Å²) in [5, 5.41) is 2.18. The Morgan fingerprint density at radius 3 is 2.94 bits per heavy atom. The topological polar surface area (TPSA) is 30.9 Å². The van der Waals surface area contributed by atoms with Gasteiger partial charge in [-0.2, -0.15) is 0 Å². The Morgan fingerprint density at radius 2 is 2.18 bits per heavy atom. The van der Waals surface area contributed by atoms with E-state index in [9.17, 15) is 0 Å². The fourth-order valence-electron chi connectivity index (χ4n) is 3.08. The molecule has 1 aliphatic rings. The van der Waals surface area contributed by atoms with E-state index in [1.807, 2.05) is 6.07 Å². The van der Waals surface area contributed by atoms with Crippen LogP contribution >= 0.6 is 11.6 Å². The molecular formula is C14H17ClN2. The van der Waals surface area contributed by atoms with Crippen molar-refractivity contribution in [2.45, 2.75) is 32.2 Å². The minimum absolute atomic E-state index is 0.309. The lowest BCUT2D eigenvalue weighted by molar-refractivity contribution is 0.562.